The molecule has 1 amide bonds. The molecular formula is C18H28N2O3. The largest absolute Gasteiger partial charge is 0.490 e. The van der Waals surface area contributed by atoms with Gasteiger partial charge in [-0.1, -0.05) is 12.1 Å². The minimum atomic E-state index is -0.542. The molecule has 1 aliphatic rings. The number of β-amino-alcohol motifs (C(OH)–C–C–N with tert-alkyl or cyclic N) is 1. The Hall–Kier alpha value is -1.59. The first kappa shape index (κ1) is 17.8. The summed E-state index contributed by atoms with van der Waals surface area (Å²) < 4.78 is 5.86. The number of aliphatic hydroxyl groups excluding tert-OH is 1. The van der Waals surface area contributed by atoms with Crippen LogP contribution in [0.4, 0.5) is 0 Å². The number of hydrogen-bond acceptors (Lipinski definition) is 4. The van der Waals surface area contributed by atoms with Crippen LogP contribution in [0, 0.1) is 26.7 Å². The molecule has 1 heterocycles. The van der Waals surface area contributed by atoms with E-state index < -0.39 is 6.10 Å². The average Bonchev–Trinajstić information content (AvgIpc) is 2.51. The predicted molar refractivity (Wildman–Crippen MR) is 90.5 cm³/mol. The molecule has 0 aromatic heterocycles. The van der Waals surface area contributed by atoms with Gasteiger partial charge in [0.1, 0.15) is 18.5 Å². The summed E-state index contributed by atoms with van der Waals surface area (Å²) in [5.74, 6) is 0.646. The summed E-state index contributed by atoms with van der Waals surface area (Å²) >= 11 is 0. The highest BCUT2D eigenvalue weighted by molar-refractivity contribution is 5.76. The van der Waals surface area contributed by atoms with Crippen LogP contribution in [0.2, 0.25) is 0 Å². The van der Waals surface area contributed by atoms with Crippen molar-refractivity contribution in [3.05, 3.63) is 28.8 Å². The number of carbonyl (C=O) groups excluding carboxylic acids is 1. The van der Waals surface area contributed by atoms with Gasteiger partial charge in [-0.2, -0.15) is 0 Å². The lowest BCUT2D eigenvalue weighted by Gasteiger charge is -2.31. The molecule has 0 unspecified atom stereocenters. The number of amides is 1. The lowest BCUT2D eigenvalue weighted by Crippen LogP contribution is -2.43. The maximum absolute atomic E-state index is 11.2. The van der Waals surface area contributed by atoms with Gasteiger partial charge in [-0.3, -0.25) is 4.79 Å². The van der Waals surface area contributed by atoms with Gasteiger partial charge in [0.25, 0.3) is 0 Å². The molecule has 0 aliphatic carbocycles. The van der Waals surface area contributed by atoms with E-state index in [1.54, 1.807) is 0 Å². The molecule has 128 valence electrons. The number of piperidine rings is 1. The van der Waals surface area contributed by atoms with Crippen LogP contribution in [-0.4, -0.2) is 48.3 Å². The zero-order chi connectivity index (χ0) is 17.0. The van der Waals surface area contributed by atoms with Crippen molar-refractivity contribution >= 4 is 5.91 Å². The smallest absolute Gasteiger partial charge is 0.220 e. The Morgan fingerprint density at radius 3 is 2.52 bits per heavy atom. The van der Waals surface area contributed by atoms with Crippen LogP contribution in [0.1, 0.15) is 29.5 Å². The lowest BCUT2D eigenvalue weighted by molar-refractivity contribution is -0.123. The van der Waals surface area contributed by atoms with E-state index in [9.17, 15) is 9.90 Å². The molecule has 1 saturated heterocycles. The second kappa shape index (κ2) is 7.79. The zero-order valence-electron chi connectivity index (χ0n) is 14.3. The van der Waals surface area contributed by atoms with E-state index in [-0.39, 0.29) is 18.4 Å². The van der Waals surface area contributed by atoms with E-state index in [1.807, 2.05) is 19.9 Å². The van der Waals surface area contributed by atoms with Crippen LogP contribution in [0.25, 0.3) is 0 Å². The number of aryl methyl sites for hydroxylation is 2. The van der Waals surface area contributed by atoms with Gasteiger partial charge in [-0.15, -0.1) is 0 Å². The normalized spacial score (nSPS) is 17.9. The fraction of sp³-hybridized carbons (Fsp3) is 0.611. The highest BCUT2D eigenvalue weighted by Gasteiger charge is 2.24. The van der Waals surface area contributed by atoms with Crippen molar-refractivity contribution in [1.29, 1.82) is 0 Å². The van der Waals surface area contributed by atoms with Crippen LogP contribution < -0.4 is 10.5 Å². The van der Waals surface area contributed by atoms with E-state index >= 15 is 0 Å². The number of ether oxygens (including phenoxy) is 1. The van der Waals surface area contributed by atoms with E-state index in [0.29, 0.717) is 6.54 Å². The number of carbonyl (C=O) groups is 1. The first-order chi connectivity index (χ1) is 10.9. The first-order valence-electron chi connectivity index (χ1n) is 8.27. The number of nitrogens with two attached hydrogens (primary N) is 1. The van der Waals surface area contributed by atoms with Gasteiger partial charge in [-0.25, -0.2) is 0 Å². The Balaban J connectivity index is 1.81. The Labute approximate surface area is 138 Å². The van der Waals surface area contributed by atoms with Crippen molar-refractivity contribution in [2.45, 2.75) is 39.7 Å². The van der Waals surface area contributed by atoms with Gasteiger partial charge in [-0.05, 0) is 63.4 Å². The standard InChI is InChI=1S/C18H28N2O3/c1-12-4-5-13(2)17(14(12)3)23-11-16(21)10-20-8-6-15(7-9-20)18(19)22/h4-5,15-16,21H,6-11H2,1-3H3,(H2,19,22)/t16-/m0/s1. The van der Waals surface area contributed by atoms with Crippen molar-refractivity contribution in [2.24, 2.45) is 11.7 Å². The quantitative estimate of drug-likeness (QED) is 0.834. The van der Waals surface area contributed by atoms with E-state index in [0.717, 1.165) is 42.8 Å². The Morgan fingerprint density at radius 2 is 1.91 bits per heavy atom. The number of nitrogens with zero attached hydrogens (tertiary/aromatic N) is 1. The third kappa shape index (κ3) is 4.69. The topological polar surface area (TPSA) is 75.8 Å². The number of aliphatic hydroxyl groups is 1. The third-order valence-corrected chi connectivity index (χ3v) is 4.75. The molecule has 5 nitrogen and oxygen atoms in total. The highest BCUT2D eigenvalue weighted by Crippen LogP contribution is 2.26. The van der Waals surface area contributed by atoms with Gasteiger partial charge in [0, 0.05) is 12.5 Å². The van der Waals surface area contributed by atoms with Crippen molar-refractivity contribution < 1.29 is 14.6 Å². The molecule has 1 atom stereocenters. The van der Waals surface area contributed by atoms with Gasteiger partial charge >= 0.3 is 0 Å². The molecule has 1 aromatic rings. The molecule has 23 heavy (non-hydrogen) atoms. The maximum atomic E-state index is 11.2. The van der Waals surface area contributed by atoms with Gasteiger partial charge in [0.05, 0.1) is 0 Å². The molecule has 0 bridgehead atoms. The number of hydrogen-bond donors (Lipinski definition) is 2. The van der Waals surface area contributed by atoms with Crippen molar-refractivity contribution in [1.82, 2.24) is 4.90 Å². The van der Waals surface area contributed by atoms with E-state index in [1.165, 1.54) is 5.56 Å². The zero-order valence-corrected chi connectivity index (χ0v) is 14.3. The van der Waals surface area contributed by atoms with Crippen LogP contribution in [-0.2, 0) is 4.79 Å². The number of likely N-dealkylation sites (tertiary alicyclic amines) is 1. The fourth-order valence-corrected chi connectivity index (χ4v) is 3.08. The Morgan fingerprint density at radius 1 is 1.30 bits per heavy atom. The number of rotatable bonds is 6. The molecule has 1 aromatic carbocycles. The van der Waals surface area contributed by atoms with Crippen molar-refractivity contribution in [3.63, 3.8) is 0 Å². The second-order valence-electron chi connectivity index (χ2n) is 6.60. The number of benzene rings is 1. The van der Waals surface area contributed by atoms with Crippen LogP contribution in [0.3, 0.4) is 0 Å². The van der Waals surface area contributed by atoms with Gasteiger partial charge < -0.3 is 20.5 Å². The molecule has 0 spiro atoms. The van der Waals surface area contributed by atoms with E-state index in [4.69, 9.17) is 10.5 Å². The Kier molecular flexibility index (Phi) is 6.02. The molecular weight excluding hydrogens is 292 g/mol. The molecule has 5 heteroatoms. The molecule has 0 radical (unpaired) electrons. The lowest BCUT2D eigenvalue weighted by atomic mass is 9.96. The Bertz CT molecular complexity index is 551. The fourth-order valence-electron chi connectivity index (χ4n) is 3.08. The molecule has 2 rings (SSSR count). The minimum absolute atomic E-state index is 0.0164. The summed E-state index contributed by atoms with van der Waals surface area (Å²) in [6.07, 6.45) is 1.01. The van der Waals surface area contributed by atoms with Gasteiger partial charge in [0.15, 0.2) is 0 Å². The monoisotopic (exact) mass is 320 g/mol. The predicted octanol–water partition coefficient (Wildman–Crippen LogP) is 1.55. The summed E-state index contributed by atoms with van der Waals surface area (Å²) in [5.41, 5.74) is 8.74. The second-order valence-corrected chi connectivity index (χ2v) is 6.60. The molecule has 3 N–H and O–H groups in total. The van der Waals surface area contributed by atoms with Crippen LogP contribution in [0.5, 0.6) is 5.75 Å². The SMILES string of the molecule is Cc1ccc(C)c(OC[C@@H](O)CN2CCC(C(N)=O)CC2)c1C. The van der Waals surface area contributed by atoms with Crippen LogP contribution >= 0.6 is 0 Å². The summed E-state index contributed by atoms with van der Waals surface area (Å²) in [4.78, 5) is 13.3. The molecule has 1 fully saturated rings. The maximum Gasteiger partial charge on any atom is 0.220 e. The summed E-state index contributed by atoms with van der Waals surface area (Å²) in [6, 6.07) is 4.12. The molecule has 1 aliphatic heterocycles. The minimum Gasteiger partial charge on any atom is -0.490 e. The van der Waals surface area contributed by atoms with Gasteiger partial charge in [0.2, 0.25) is 5.91 Å². The third-order valence-electron chi connectivity index (χ3n) is 4.75. The molecule has 0 saturated carbocycles. The summed E-state index contributed by atoms with van der Waals surface area (Å²) in [6.45, 7) is 8.55. The summed E-state index contributed by atoms with van der Waals surface area (Å²) in [5, 5.41) is 10.2. The van der Waals surface area contributed by atoms with E-state index in [2.05, 4.69) is 17.9 Å². The summed E-state index contributed by atoms with van der Waals surface area (Å²) in [7, 11) is 0. The first-order valence-corrected chi connectivity index (χ1v) is 8.27. The van der Waals surface area contributed by atoms with Crippen molar-refractivity contribution in [3.8, 4) is 5.75 Å². The number of primary amides is 1. The van der Waals surface area contributed by atoms with Crippen molar-refractivity contribution in [2.75, 3.05) is 26.2 Å². The van der Waals surface area contributed by atoms with Crippen LogP contribution in [0.15, 0.2) is 12.1 Å². The highest BCUT2D eigenvalue weighted by atomic mass is 16.5. The average molecular weight is 320 g/mol.